The van der Waals surface area contributed by atoms with Crippen LogP contribution in [0.25, 0.3) is 0 Å². The summed E-state index contributed by atoms with van der Waals surface area (Å²) in [6.45, 7) is 4.21. The van der Waals surface area contributed by atoms with Crippen molar-refractivity contribution in [3.8, 4) is 0 Å². The van der Waals surface area contributed by atoms with E-state index in [-0.39, 0.29) is 13.0 Å². The maximum Gasteiger partial charge on any atom is 0.472 e. The van der Waals surface area contributed by atoms with Crippen LogP contribution in [0.4, 0.5) is 0 Å². The van der Waals surface area contributed by atoms with Crippen LogP contribution in [0.2, 0.25) is 0 Å². The maximum absolute atomic E-state index is 12.7. The third kappa shape index (κ3) is 23.5. The summed E-state index contributed by atoms with van der Waals surface area (Å²) in [4.78, 5) is 23.0. The highest BCUT2D eigenvalue weighted by Crippen LogP contribution is 2.47. The molecule has 0 aliphatic heterocycles. The Morgan fingerprint density at radius 1 is 0.608 bits per heavy atom. The van der Waals surface area contributed by atoms with Crippen LogP contribution in [0.5, 0.6) is 0 Å². The highest BCUT2D eigenvalue weighted by Gasteiger charge is 2.51. The molecule has 1 aliphatic carbocycles. The van der Waals surface area contributed by atoms with Crippen molar-refractivity contribution in [2.45, 2.75) is 204 Å². The SMILES string of the molecule is CCCCCCCC/C=C\CCCCCCCC(=O)OC(COCCCCCCCCCCC)COP(=O)(O)OC1C(O)C(O)C(O)C(O)C1O. The molecule has 1 aliphatic rings. The number of aliphatic hydroxyl groups excluding tert-OH is 5. The number of carbonyl (C=O) groups is 1. The molecule has 6 atom stereocenters. The molecular weight excluding hydrogens is 679 g/mol. The number of esters is 1. The second kappa shape index (κ2) is 30.4. The van der Waals surface area contributed by atoms with Crippen LogP contribution < -0.4 is 0 Å². The Labute approximate surface area is 307 Å². The van der Waals surface area contributed by atoms with Crippen LogP contribution >= 0.6 is 7.82 Å². The highest BCUT2D eigenvalue weighted by molar-refractivity contribution is 7.47. The van der Waals surface area contributed by atoms with E-state index in [1.807, 2.05) is 0 Å². The van der Waals surface area contributed by atoms with Crippen molar-refractivity contribution < 1.29 is 58.3 Å². The second-order valence-corrected chi connectivity index (χ2v) is 15.5. The molecule has 0 bridgehead atoms. The van der Waals surface area contributed by atoms with Crippen molar-refractivity contribution >= 4 is 13.8 Å². The van der Waals surface area contributed by atoms with Gasteiger partial charge in [0.2, 0.25) is 0 Å². The van der Waals surface area contributed by atoms with Gasteiger partial charge in [0.05, 0.1) is 13.2 Å². The van der Waals surface area contributed by atoms with E-state index in [0.717, 1.165) is 57.8 Å². The zero-order valence-electron chi connectivity index (χ0n) is 31.7. The summed E-state index contributed by atoms with van der Waals surface area (Å²) >= 11 is 0. The summed E-state index contributed by atoms with van der Waals surface area (Å²) in [5, 5.41) is 49.9. The first-order valence-corrected chi connectivity index (χ1v) is 21.5. The molecule has 302 valence electrons. The molecule has 1 fully saturated rings. The Bertz CT molecular complexity index is 905. The van der Waals surface area contributed by atoms with Crippen LogP contribution in [0, 0.1) is 0 Å². The number of hydrogen-bond donors (Lipinski definition) is 6. The van der Waals surface area contributed by atoms with E-state index in [4.69, 9.17) is 18.5 Å². The lowest BCUT2D eigenvalue weighted by molar-refractivity contribution is -0.220. The summed E-state index contributed by atoms with van der Waals surface area (Å²) in [6.07, 6.45) is 17.3. The molecule has 1 rings (SSSR count). The number of phosphoric acid groups is 1. The van der Waals surface area contributed by atoms with Crippen LogP contribution in [0.15, 0.2) is 12.2 Å². The topological polar surface area (TPSA) is 192 Å². The third-order valence-corrected chi connectivity index (χ3v) is 10.4. The Morgan fingerprint density at radius 3 is 1.55 bits per heavy atom. The predicted molar refractivity (Wildman–Crippen MR) is 198 cm³/mol. The van der Waals surface area contributed by atoms with Crippen molar-refractivity contribution in [2.75, 3.05) is 19.8 Å². The summed E-state index contributed by atoms with van der Waals surface area (Å²) in [7, 11) is -5.00. The van der Waals surface area contributed by atoms with Gasteiger partial charge in [-0.15, -0.1) is 0 Å². The molecule has 0 aromatic rings. The van der Waals surface area contributed by atoms with Crippen LogP contribution in [0.3, 0.4) is 0 Å². The fraction of sp³-hybridized carbons (Fsp3) is 0.921. The molecule has 0 aromatic carbocycles. The highest BCUT2D eigenvalue weighted by atomic mass is 31.2. The van der Waals surface area contributed by atoms with E-state index in [1.54, 1.807) is 0 Å². The van der Waals surface area contributed by atoms with E-state index in [1.165, 1.54) is 77.0 Å². The predicted octanol–water partition coefficient (Wildman–Crippen LogP) is 6.80. The van der Waals surface area contributed by atoms with Crippen molar-refractivity contribution in [3.63, 3.8) is 0 Å². The van der Waals surface area contributed by atoms with Gasteiger partial charge in [0.15, 0.2) is 0 Å². The Morgan fingerprint density at radius 2 is 1.04 bits per heavy atom. The maximum atomic E-state index is 12.7. The van der Waals surface area contributed by atoms with Gasteiger partial charge in [-0.3, -0.25) is 13.8 Å². The molecule has 1 saturated carbocycles. The number of phosphoric ester groups is 1. The van der Waals surface area contributed by atoms with Crippen molar-refractivity contribution in [3.05, 3.63) is 12.2 Å². The van der Waals surface area contributed by atoms with Gasteiger partial charge in [0, 0.05) is 13.0 Å². The standard InChI is InChI=1S/C38H73O12P/c1-3-5-7-9-11-13-14-15-16-17-18-19-21-23-25-27-32(39)49-31(29-47-28-26-24-22-20-12-10-8-6-4-2)30-48-51(45,46)50-38-36(43)34(41)33(40)35(42)37(38)44/h15-16,31,33-38,40-44H,3-14,17-30H2,1-2H3,(H,45,46)/b16-15-. The lowest BCUT2D eigenvalue weighted by Gasteiger charge is -2.41. The monoisotopic (exact) mass is 752 g/mol. The summed E-state index contributed by atoms with van der Waals surface area (Å²) in [6, 6.07) is 0. The largest absolute Gasteiger partial charge is 0.472 e. The van der Waals surface area contributed by atoms with E-state index in [2.05, 4.69) is 26.0 Å². The van der Waals surface area contributed by atoms with Gasteiger partial charge < -0.3 is 39.9 Å². The molecule has 0 spiro atoms. The fourth-order valence-electron chi connectivity index (χ4n) is 6.11. The number of allylic oxidation sites excluding steroid dienone is 2. The van der Waals surface area contributed by atoms with Gasteiger partial charge in [-0.25, -0.2) is 4.57 Å². The van der Waals surface area contributed by atoms with Crippen LogP contribution in [0.1, 0.15) is 162 Å². The molecule has 51 heavy (non-hydrogen) atoms. The van der Waals surface area contributed by atoms with Crippen LogP contribution in [-0.4, -0.2) is 98.9 Å². The van der Waals surface area contributed by atoms with E-state index in [9.17, 15) is 39.8 Å². The molecule has 0 aromatic heterocycles. The van der Waals surface area contributed by atoms with Crippen LogP contribution in [-0.2, 0) is 27.9 Å². The minimum Gasteiger partial charge on any atom is -0.457 e. The number of aliphatic hydroxyl groups is 5. The fourth-order valence-corrected chi connectivity index (χ4v) is 7.09. The second-order valence-electron chi connectivity index (χ2n) is 14.1. The number of hydrogen-bond acceptors (Lipinski definition) is 11. The molecule has 0 saturated heterocycles. The number of unbranched alkanes of at least 4 members (excludes halogenated alkanes) is 19. The molecule has 0 heterocycles. The van der Waals surface area contributed by atoms with Crippen molar-refractivity contribution in [1.29, 1.82) is 0 Å². The first kappa shape index (κ1) is 48.1. The quantitative estimate of drug-likeness (QED) is 0.0178. The summed E-state index contributed by atoms with van der Waals surface area (Å²) in [5.74, 6) is -0.486. The lowest BCUT2D eigenvalue weighted by Crippen LogP contribution is -2.64. The zero-order valence-corrected chi connectivity index (χ0v) is 32.6. The average Bonchev–Trinajstić information content (AvgIpc) is 3.11. The smallest absolute Gasteiger partial charge is 0.457 e. The van der Waals surface area contributed by atoms with Gasteiger partial charge in [-0.2, -0.15) is 0 Å². The number of rotatable bonds is 33. The van der Waals surface area contributed by atoms with Gasteiger partial charge >= 0.3 is 13.8 Å². The zero-order chi connectivity index (χ0) is 37.7. The van der Waals surface area contributed by atoms with E-state index < -0.39 is 63.1 Å². The molecule has 6 unspecified atom stereocenters. The molecule has 0 radical (unpaired) electrons. The van der Waals surface area contributed by atoms with Gasteiger partial charge in [0.25, 0.3) is 0 Å². The van der Waals surface area contributed by atoms with Crippen molar-refractivity contribution in [1.82, 2.24) is 0 Å². The van der Waals surface area contributed by atoms with E-state index >= 15 is 0 Å². The van der Waals surface area contributed by atoms with E-state index in [0.29, 0.717) is 13.0 Å². The normalized spacial score (nSPS) is 24.2. The Kier molecular flexibility index (Phi) is 28.7. The molecule has 0 amide bonds. The minimum absolute atomic E-state index is 0.0760. The molecule has 13 heteroatoms. The van der Waals surface area contributed by atoms with Gasteiger partial charge in [-0.1, -0.05) is 129 Å². The first-order chi connectivity index (χ1) is 24.5. The first-order valence-electron chi connectivity index (χ1n) is 20.0. The van der Waals surface area contributed by atoms with Gasteiger partial charge in [-0.05, 0) is 38.5 Å². The minimum atomic E-state index is -5.00. The lowest BCUT2D eigenvalue weighted by atomic mass is 9.85. The summed E-state index contributed by atoms with van der Waals surface area (Å²) in [5.41, 5.74) is 0. The molecular formula is C38H73O12P. The van der Waals surface area contributed by atoms with Crippen molar-refractivity contribution in [2.24, 2.45) is 0 Å². The Hall–Kier alpha value is -0.920. The average molecular weight is 753 g/mol. The van der Waals surface area contributed by atoms with Gasteiger partial charge in [0.1, 0.15) is 42.7 Å². The molecule has 12 nitrogen and oxygen atoms in total. The third-order valence-electron chi connectivity index (χ3n) is 9.39. The Balaban J connectivity index is 2.45. The summed E-state index contributed by atoms with van der Waals surface area (Å²) < 4.78 is 33.9. The number of ether oxygens (including phenoxy) is 2. The number of carbonyl (C=O) groups excluding carboxylic acids is 1. The molecule has 6 N–H and O–H groups in total.